The molecule has 0 saturated heterocycles. The molecule has 4 rings (SSSR count). The monoisotopic (exact) mass is 337 g/mol. The predicted octanol–water partition coefficient (Wildman–Crippen LogP) is 3.68. The van der Waals surface area contributed by atoms with Crippen molar-refractivity contribution in [2.24, 2.45) is 0 Å². The zero-order chi connectivity index (χ0) is 17.2. The lowest BCUT2D eigenvalue weighted by atomic mass is 10.0. The fourth-order valence-corrected chi connectivity index (χ4v) is 3.23. The van der Waals surface area contributed by atoms with Crippen LogP contribution in [0.25, 0.3) is 11.4 Å². The van der Waals surface area contributed by atoms with E-state index >= 15 is 0 Å². The third-order valence-electron chi connectivity index (χ3n) is 4.40. The van der Waals surface area contributed by atoms with Crippen LogP contribution in [-0.4, -0.2) is 28.4 Å². The van der Waals surface area contributed by atoms with Crippen LogP contribution >= 0.6 is 0 Å². The molecule has 0 amide bonds. The van der Waals surface area contributed by atoms with Crippen LogP contribution in [0.15, 0.2) is 49.1 Å². The molecule has 0 N–H and O–H groups in total. The molecule has 1 aromatic carbocycles. The molecule has 0 fully saturated rings. The van der Waals surface area contributed by atoms with E-state index in [-0.39, 0.29) is 12.8 Å². The van der Waals surface area contributed by atoms with E-state index in [4.69, 9.17) is 14.2 Å². The molecule has 2 aromatic heterocycles. The van der Waals surface area contributed by atoms with E-state index in [2.05, 4.69) is 21.5 Å². The molecule has 0 spiro atoms. The second-order valence-electron chi connectivity index (χ2n) is 5.78. The number of fused-ring (bicyclic) bond motifs is 1. The molecule has 3 heterocycles. The summed E-state index contributed by atoms with van der Waals surface area (Å²) in [4.78, 5) is 8.69. The minimum atomic E-state index is 0.178. The van der Waals surface area contributed by atoms with Gasteiger partial charge in [0, 0.05) is 30.4 Å². The first-order valence-corrected chi connectivity index (χ1v) is 8.22. The molecule has 0 radical (unpaired) electrons. The van der Waals surface area contributed by atoms with Crippen molar-refractivity contribution in [1.82, 2.24) is 14.5 Å². The number of imidazole rings is 1. The normalized spacial score (nSPS) is 13.7. The van der Waals surface area contributed by atoms with Crippen LogP contribution in [0, 0.1) is 0 Å². The summed E-state index contributed by atoms with van der Waals surface area (Å²) in [5.41, 5.74) is 2.13. The summed E-state index contributed by atoms with van der Waals surface area (Å²) in [6.45, 7) is 2.37. The molecule has 25 heavy (non-hydrogen) atoms. The highest BCUT2D eigenvalue weighted by atomic mass is 16.7. The maximum Gasteiger partial charge on any atom is 0.231 e. The molecule has 1 aliphatic heterocycles. The zero-order valence-electron chi connectivity index (χ0n) is 14.2. The van der Waals surface area contributed by atoms with Gasteiger partial charge in [-0.25, -0.2) is 4.98 Å². The number of hydrogen-bond donors (Lipinski definition) is 0. The third-order valence-corrected chi connectivity index (χ3v) is 4.40. The summed E-state index contributed by atoms with van der Waals surface area (Å²) in [7, 11) is 1.62. The summed E-state index contributed by atoms with van der Waals surface area (Å²) < 4.78 is 18.7. The van der Waals surface area contributed by atoms with Crippen molar-refractivity contribution < 1.29 is 14.2 Å². The van der Waals surface area contributed by atoms with E-state index in [1.165, 1.54) is 5.56 Å². The third kappa shape index (κ3) is 2.69. The molecule has 1 aliphatic rings. The van der Waals surface area contributed by atoms with E-state index in [0.717, 1.165) is 17.8 Å². The van der Waals surface area contributed by atoms with Crippen LogP contribution in [0.1, 0.15) is 24.9 Å². The van der Waals surface area contributed by atoms with Crippen LogP contribution in [0.5, 0.6) is 17.2 Å². The van der Waals surface area contributed by atoms with Gasteiger partial charge in [-0.3, -0.25) is 4.98 Å². The molecule has 1 atom stereocenters. The van der Waals surface area contributed by atoms with Crippen molar-refractivity contribution in [2.45, 2.75) is 19.4 Å². The number of benzene rings is 1. The van der Waals surface area contributed by atoms with Crippen molar-refractivity contribution in [2.75, 3.05) is 13.9 Å². The Morgan fingerprint density at radius 3 is 2.80 bits per heavy atom. The molecular formula is C19H19N3O3. The molecule has 128 valence electrons. The average molecular weight is 337 g/mol. The van der Waals surface area contributed by atoms with E-state index < -0.39 is 0 Å². The van der Waals surface area contributed by atoms with Crippen molar-refractivity contribution >= 4 is 0 Å². The van der Waals surface area contributed by atoms with Gasteiger partial charge in [-0.1, -0.05) is 6.92 Å². The molecule has 3 aromatic rings. The maximum atomic E-state index is 5.54. The quantitative estimate of drug-likeness (QED) is 0.711. The molecular weight excluding hydrogens is 318 g/mol. The largest absolute Gasteiger partial charge is 0.493 e. The molecule has 0 aliphatic carbocycles. The second-order valence-corrected chi connectivity index (χ2v) is 5.78. The molecule has 6 nitrogen and oxygen atoms in total. The topological polar surface area (TPSA) is 58.4 Å². The fraction of sp³-hybridized carbons (Fsp3) is 0.263. The lowest BCUT2D eigenvalue weighted by molar-refractivity contribution is 0.171. The van der Waals surface area contributed by atoms with Crippen LogP contribution < -0.4 is 14.2 Å². The molecule has 0 saturated carbocycles. The SMILES string of the molecule is CC[C@H](c1ccncc1)n1ccnc1-c1cc(OC)c2c(c1)OCO2. The van der Waals surface area contributed by atoms with Crippen molar-refractivity contribution in [3.05, 3.63) is 54.6 Å². The van der Waals surface area contributed by atoms with Crippen LogP contribution in [0.3, 0.4) is 0 Å². The maximum absolute atomic E-state index is 5.54. The van der Waals surface area contributed by atoms with Crippen molar-refractivity contribution in [1.29, 1.82) is 0 Å². The minimum Gasteiger partial charge on any atom is -0.493 e. The Kier molecular flexibility index (Phi) is 4.01. The number of hydrogen-bond acceptors (Lipinski definition) is 5. The highest BCUT2D eigenvalue weighted by molar-refractivity contribution is 5.67. The summed E-state index contributed by atoms with van der Waals surface area (Å²) in [6.07, 6.45) is 8.39. The van der Waals surface area contributed by atoms with Gasteiger partial charge in [-0.2, -0.15) is 0 Å². The molecule has 0 bridgehead atoms. The first kappa shape index (κ1) is 15.5. The lowest BCUT2D eigenvalue weighted by Gasteiger charge is -2.20. The number of pyridine rings is 1. The minimum absolute atomic E-state index is 0.178. The summed E-state index contributed by atoms with van der Waals surface area (Å²) in [5.74, 6) is 2.84. The Morgan fingerprint density at radius 2 is 2.04 bits per heavy atom. The fourth-order valence-electron chi connectivity index (χ4n) is 3.23. The Morgan fingerprint density at radius 1 is 1.20 bits per heavy atom. The zero-order valence-corrected chi connectivity index (χ0v) is 14.2. The summed E-state index contributed by atoms with van der Waals surface area (Å²) in [6, 6.07) is 8.14. The van der Waals surface area contributed by atoms with Crippen molar-refractivity contribution in [3.63, 3.8) is 0 Å². The van der Waals surface area contributed by atoms with Crippen LogP contribution in [0.4, 0.5) is 0 Å². The molecule has 6 heteroatoms. The highest BCUT2D eigenvalue weighted by Gasteiger charge is 2.23. The summed E-state index contributed by atoms with van der Waals surface area (Å²) >= 11 is 0. The standard InChI is InChI=1S/C19H19N3O3/c1-3-15(13-4-6-20-7-5-13)22-9-8-21-19(22)14-10-16(23-2)18-17(11-14)24-12-25-18/h4-11,15H,3,12H2,1-2H3/t15-/m1/s1. The Labute approximate surface area is 146 Å². The Hall–Kier alpha value is -3.02. The van der Waals surface area contributed by atoms with Crippen LogP contribution in [-0.2, 0) is 0 Å². The van der Waals surface area contributed by atoms with Gasteiger partial charge in [0.05, 0.1) is 13.2 Å². The van der Waals surface area contributed by atoms with Gasteiger partial charge in [0.1, 0.15) is 5.82 Å². The van der Waals surface area contributed by atoms with Gasteiger partial charge in [0.15, 0.2) is 11.5 Å². The number of aromatic nitrogens is 3. The van der Waals surface area contributed by atoms with Gasteiger partial charge in [-0.15, -0.1) is 0 Å². The van der Waals surface area contributed by atoms with Gasteiger partial charge in [0.25, 0.3) is 0 Å². The predicted molar refractivity (Wildman–Crippen MR) is 93.0 cm³/mol. The molecule has 0 unspecified atom stereocenters. The second kappa shape index (κ2) is 6.47. The first-order valence-electron chi connectivity index (χ1n) is 8.22. The lowest BCUT2D eigenvalue weighted by Crippen LogP contribution is -2.10. The van der Waals surface area contributed by atoms with Gasteiger partial charge in [-0.05, 0) is 36.2 Å². The van der Waals surface area contributed by atoms with E-state index in [9.17, 15) is 0 Å². The number of ether oxygens (including phenoxy) is 3. The smallest absolute Gasteiger partial charge is 0.231 e. The van der Waals surface area contributed by atoms with E-state index in [1.54, 1.807) is 7.11 Å². The van der Waals surface area contributed by atoms with Gasteiger partial charge >= 0.3 is 0 Å². The first-order chi connectivity index (χ1) is 12.3. The van der Waals surface area contributed by atoms with Gasteiger partial charge < -0.3 is 18.8 Å². The average Bonchev–Trinajstić information content (AvgIpc) is 3.31. The van der Waals surface area contributed by atoms with Crippen molar-refractivity contribution in [3.8, 4) is 28.6 Å². The van der Waals surface area contributed by atoms with Crippen LogP contribution in [0.2, 0.25) is 0 Å². The number of nitrogens with zero attached hydrogens (tertiary/aromatic N) is 3. The summed E-state index contributed by atoms with van der Waals surface area (Å²) in [5, 5.41) is 0. The highest BCUT2D eigenvalue weighted by Crippen LogP contribution is 2.44. The van der Waals surface area contributed by atoms with E-state index in [0.29, 0.717) is 17.2 Å². The van der Waals surface area contributed by atoms with E-state index in [1.807, 2.05) is 49.1 Å². The number of methoxy groups -OCH3 is 1. The van der Waals surface area contributed by atoms with Gasteiger partial charge in [0.2, 0.25) is 12.5 Å². The Balaban J connectivity index is 1.80. The Bertz CT molecular complexity index is 877. The number of rotatable bonds is 5.